The van der Waals surface area contributed by atoms with E-state index in [1.165, 1.54) is 6.08 Å². The van der Waals surface area contributed by atoms with Crippen molar-refractivity contribution in [3.63, 3.8) is 0 Å². The van der Waals surface area contributed by atoms with E-state index in [1.54, 1.807) is 24.3 Å². The highest BCUT2D eigenvalue weighted by molar-refractivity contribution is 5.94. The highest BCUT2D eigenvalue weighted by atomic mass is 16.5. The zero-order chi connectivity index (χ0) is 15.2. The fourth-order valence-electron chi connectivity index (χ4n) is 2.27. The number of rotatable bonds is 5. The number of amides is 1. The average Bonchev–Trinajstić information content (AvgIpc) is 3.00. The molecule has 21 heavy (non-hydrogen) atoms. The maximum absolute atomic E-state index is 12.1. The summed E-state index contributed by atoms with van der Waals surface area (Å²) in [7, 11) is 0. The minimum absolute atomic E-state index is 0.0755. The zero-order valence-electron chi connectivity index (χ0n) is 11.9. The van der Waals surface area contributed by atoms with E-state index in [0.29, 0.717) is 18.1 Å². The third kappa shape index (κ3) is 4.43. The maximum atomic E-state index is 12.1. The molecule has 0 saturated carbocycles. The SMILES string of the molecule is CC(NC(=O)c1ccc(/C=C/C(=O)O)cc1)C1CCOC1. The van der Waals surface area contributed by atoms with E-state index in [2.05, 4.69) is 5.32 Å². The van der Waals surface area contributed by atoms with Gasteiger partial charge < -0.3 is 15.2 Å². The van der Waals surface area contributed by atoms with Crippen LogP contribution in [0.15, 0.2) is 30.3 Å². The smallest absolute Gasteiger partial charge is 0.328 e. The predicted molar refractivity (Wildman–Crippen MR) is 79.0 cm³/mol. The van der Waals surface area contributed by atoms with E-state index < -0.39 is 5.97 Å². The van der Waals surface area contributed by atoms with E-state index in [4.69, 9.17) is 9.84 Å². The van der Waals surface area contributed by atoms with Crippen LogP contribution in [-0.4, -0.2) is 36.2 Å². The van der Waals surface area contributed by atoms with E-state index in [9.17, 15) is 9.59 Å². The fourth-order valence-corrected chi connectivity index (χ4v) is 2.27. The lowest BCUT2D eigenvalue weighted by Crippen LogP contribution is -2.38. The summed E-state index contributed by atoms with van der Waals surface area (Å²) in [6.07, 6.45) is 3.53. The molecule has 1 aliphatic heterocycles. The van der Waals surface area contributed by atoms with Crippen molar-refractivity contribution in [1.82, 2.24) is 5.32 Å². The van der Waals surface area contributed by atoms with Crippen LogP contribution in [0.5, 0.6) is 0 Å². The number of carbonyl (C=O) groups is 2. The first kappa shape index (κ1) is 15.3. The molecule has 1 fully saturated rings. The molecule has 0 spiro atoms. The van der Waals surface area contributed by atoms with E-state index in [1.807, 2.05) is 6.92 Å². The number of ether oxygens (including phenoxy) is 1. The van der Waals surface area contributed by atoms with Crippen LogP contribution in [0.2, 0.25) is 0 Å². The lowest BCUT2D eigenvalue weighted by molar-refractivity contribution is -0.131. The van der Waals surface area contributed by atoms with Crippen molar-refractivity contribution in [3.8, 4) is 0 Å². The largest absolute Gasteiger partial charge is 0.478 e. The van der Waals surface area contributed by atoms with Crippen LogP contribution in [0, 0.1) is 5.92 Å². The lowest BCUT2D eigenvalue weighted by Gasteiger charge is -2.19. The van der Waals surface area contributed by atoms with Gasteiger partial charge >= 0.3 is 5.97 Å². The molecule has 2 unspecified atom stereocenters. The number of carbonyl (C=O) groups excluding carboxylic acids is 1. The Hall–Kier alpha value is -2.14. The second-order valence-corrected chi connectivity index (χ2v) is 5.18. The molecule has 1 heterocycles. The monoisotopic (exact) mass is 289 g/mol. The van der Waals surface area contributed by atoms with Crippen molar-refractivity contribution in [2.24, 2.45) is 5.92 Å². The Morgan fingerprint density at radius 1 is 1.38 bits per heavy atom. The molecule has 2 rings (SSSR count). The standard InChI is InChI=1S/C16H19NO4/c1-11(14-8-9-21-10-14)17-16(20)13-5-2-12(3-6-13)4-7-15(18)19/h2-7,11,14H,8-10H2,1H3,(H,17,20)(H,18,19)/b7-4+. The number of hydrogen-bond donors (Lipinski definition) is 2. The van der Waals surface area contributed by atoms with Crippen molar-refractivity contribution in [2.45, 2.75) is 19.4 Å². The summed E-state index contributed by atoms with van der Waals surface area (Å²) in [5, 5.41) is 11.5. The molecule has 2 N–H and O–H groups in total. The van der Waals surface area contributed by atoms with Gasteiger partial charge in [0.2, 0.25) is 0 Å². The van der Waals surface area contributed by atoms with Gasteiger partial charge in [0.1, 0.15) is 0 Å². The highest BCUT2D eigenvalue weighted by Gasteiger charge is 2.23. The molecule has 5 heteroatoms. The van der Waals surface area contributed by atoms with Gasteiger partial charge in [0, 0.05) is 30.2 Å². The normalized spacial score (nSPS) is 19.6. The molecule has 0 aliphatic carbocycles. The Kier molecular flexibility index (Phi) is 5.11. The van der Waals surface area contributed by atoms with Gasteiger partial charge in [-0.15, -0.1) is 0 Å². The Balaban J connectivity index is 1.94. The number of nitrogens with one attached hydrogen (secondary N) is 1. The van der Waals surface area contributed by atoms with Gasteiger partial charge in [0.05, 0.1) is 6.61 Å². The molecule has 2 atom stereocenters. The summed E-state index contributed by atoms with van der Waals surface area (Å²) in [4.78, 5) is 22.6. The summed E-state index contributed by atoms with van der Waals surface area (Å²) in [6.45, 7) is 3.44. The van der Waals surface area contributed by atoms with E-state index >= 15 is 0 Å². The average molecular weight is 289 g/mol. The first-order valence-corrected chi connectivity index (χ1v) is 6.96. The molecular formula is C16H19NO4. The molecule has 112 valence electrons. The number of carboxylic acid groups (broad SMARTS) is 1. The Morgan fingerprint density at radius 3 is 2.67 bits per heavy atom. The van der Waals surface area contributed by atoms with Gasteiger partial charge in [-0.25, -0.2) is 4.79 Å². The van der Waals surface area contributed by atoms with Crippen molar-refractivity contribution in [1.29, 1.82) is 0 Å². The first-order valence-electron chi connectivity index (χ1n) is 6.96. The maximum Gasteiger partial charge on any atom is 0.328 e. The van der Waals surface area contributed by atoms with Crippen LogP contribution in [-0.2, 0) is 9.53 Å². The molecule has 1 saturated heterocycles. The van der Waals surface area contributed by atoms with Crippen molar-refractivity contribution >= 4 is 18.0 Å². The van der Waals surface area contributed by atoms with E-state index in [0.717, 1.165) is 24.7 Å². The second-order valence-electron chi connectivity index (χ2n) is 5.18. The third-order valence-electron chi connectivity index (χ3n) is 3.62. The van der Waals surface area contributed by atoms with Crippen LogP contribution in [0.25, 0.3) is 6.08 Å². The molecule has 0 aromatic heterocycles. The molecule has 1 amide bonds. The summed E-state index contributed by atoms with van der Waals surface area (Å²) in [5.74, 6) is -0.751. The fraction of sp³-hybridized carbons (Fsp3) is 0.375. The van der Waals surface area contributed by atoms with Crippen molar-refractivity contribution in [3.05, 3.63) is 41.5 Å². The van der Waals surface area contributed by atoms with Gasteiger partial charge in [0.25, 0.3) is 5.91 Å². The first-order chi connectivity index (χ1) is 10.1. The molecular weight excluding hydrogens is 270 g/mol. The topological polar surface area (TPSA) is 75.6 Å². The minimum Gasteiger partial charge on any atom is -0.478 e. The van der Waals surface area contributed by atoms with E-state index in [-0.39, 0.29) is 11.9 Å². The van der Waals surface area contributed by atoms with Gasteiger partial charge in [-0.2, -0.15) is 0 Å². The molecule has 0 radical (unpaired) electrons. The lowest BCUT2D eigenvalue weighted by atomic mass is 10.0. The number of aliphatic carboxylic acids is 1. The van der Waals surface area contributed by atoms with Crippen molar-refractivity contribution in [2.75, 3.05) is 13.2 Å². The van der Waals surface area contributed by atoms with Crippen LogP contribution >= 0.6 is 0 Å². The summed E-state index contributed by atoms with van der Waals surface area (Å²) in [6, 6.07) is 6.89. The molecule has 0 bridgehead atoms. The molecule has 1 aromatic rings. The predicted octanol–water partition coefficient (Wildman–Crippen LogP) is 1.94. The summed E-state index contributed by atoms with van der Waals surface area (Å²) >= 11 is 0. The molecule has 1 aromatic carbocycles. The third-order valence-corrected chi connectivity index (χ3v) is 3.62. The molecule has 1 aliphatic rings. The second kappa shape index (κ2) is 7.04. The van der Waals surface area contributed by atoms with Crippen LogP contribution < -0.4 is 5.32 Å². The zero-order valence-corrected chi connectivity index (χ0v) is 11.9. The van der Waals surface area contributed by atoms with Gasteiger partial charge in [-0.3, -0.25) is 4.79 Å². The number of carboxylic acids is 1. The summed E-state index contributed by atoms with van der Waals surface area (Å²) < 4.78 is 5.32. The van der Waals surface area contributed by atoms with Crippen LogP contribution in [0.3, 0.4) is 0 Å². The Bertz CT molecular complexity index is 530. The van der Waals surface area contributed by atoms with Gasteiger partial charge in [-0.05, 0) is 37.1 Å². The van der Waals surface area contributed by atoms with Gasteiger partial charge in [-0.1, -0.05) is 12.1 Å². The Labute approximate surface area is 123 Å². The van der Waals surface area contributed by atoms with Crippen LogP contribution in [0.1, 0.15) is 29.3 Å². The quantitative estimate of drug-likeness (QED) is 0.812. The highest BCUT2D eigenvalue weighted by Crippen LogP contribution is 2.17. The minimum atomic E-state index is -0.996. The van der Waals surface area contributed by atoms with Crippen LogP contribution in [0.4, 0.5) is 0 Å². The number of hydrogen-bond acceptors (Lipinski definition) is 3. The Morgan fingerprint density at radius 2 is 2.10 bits per heavy atom. The van der Waals surface area contributed by atoms with Gasteiger partial charge in [0.15, 0.2) is 0 Å². The number of benzene rings is 1. The van der Waals surface area contributed by atoms with Crippen molar-refractivity contribution < 1.29 is 19.4 Å². The summed E-state index contributed by atoms with van der Waals surface area (Å²) in [5.41, 5.74) is 1.31. The molecule has 5 nitrogen and oxygen atoms in total.